The highest BCUT2D eigenvalue weighted by atomic mass is 16.5. The number of nitrogens with zero attached hydrogens (tertiary/aromatic N) is 5. The molecular weight excluding hydrogens is 234 g/mol. The van der Waals surface area contributed by atoms with Gasteiger partial charge in [-0.3, -0.25) is 5.43 Å². The Labute approximate surface area is 106 Å². The van der Waals surface area contributed by atoms with E-state index in [9.17, 15) is 0 Å². The van der Waals surface area contributed by atoms with Gasteiger partial charge in [-0.15, -0.1) is 0 Å². The summed E-state index contributed by atoms with van der Waals surface area (Å²) in [6.45, 7) is 3.87. The monoisotopic (exact) mass is 253 g/mol. The maximum atomic E-state index is 5.34. The van der Waals surface area contributed by atoms with Crippen LogP contribution in [0.15, 0.2) is 0 Å². The van der Waals surface area contributed by atoms with E-state index < -0.39 is 0 Å². The van der Waals surface area contributed by atoms with Crippen LogP contribution in [0.4, 0.5) is 11.9 Å². The van der Waals surface area contributed by atoms with Crippen LogP contribution in [0.5, 0.6) is 6.01 Å². The van der Waals surface area contributed by atoms with Crippen molar-refractivity contribution in [2.24, 2.45) is 5.84 Å². The Balaban J connectivity index is 2.20. The van der Waals surface area contributed by atoms with Gasteiger partial charge in [0, 0.05) is 19.6 Å². The summed E-state index contributed by atoms with van der Waals surface area (Å²) in [4.78, 5) is 16.9. The van der Waals surface area contributed by atoms with E-state index >= 15 is 0 Å². The zero-order valence-electron chi connectivity index (χ0n) is 10.8. The van der Waals surface area contributed by atoms with Gasteiger partial charge in [-0.05, 0) is 20.0 Å². The maximum Gasteiger partial charge on any atom is 0.322 e. The van der Waals surface area contributed by atoms with Crippen molar-refractivity contribution in [2.75, 3.05) is 50.7 Å². The van der Waals surface area contributed by atoms with Gasteiger partial charge in [0.1, 0.15) is 0 Å². The lowest BCUT2D eigenvalue weighted by atomic mass is 10.4. The van der Waals surface area contributed by atoms with Gasteiger partial charge >= 0.3 is 6.01 Å². The number of hydrogen-bond donors (Lipinski definition) is 2. The van der Waals surface area contributed by atoms with Crippen LogP contribution in [0.25, 0.3) is 0 Å². The summed E-state index contributed by atoms with van der Waals surface area (Å²) in [5, 5.41) is 0. The van der Waals surface area contributed by atoms with E-state index in [1.54, 1.807) is 0 Å². The highest BCUT2D eigenvalue weighted by molar-refractivity contribution is 5.37. The van der Waals surface area contributed by atoms with Crippen LogP contribution in [0.1, 0.15) is 6.42 Å². The van der Waals surface area contributed by atoms with E-state index in [0.717, 1.165) is 32.6 Å². The van der Waals surface area contributed by atoms with Gasteiger partial charge in [-0.25, -0.2) is 5.84 Å². The summed E-state index contributed by atoms with van der Waals surface area (Å²) in [6, 6.07) is 0.269. The number of anilines is 2. The van der Waals surface area contributed by atoms with Gasteiger partial charge in [0.25, 0.3) is 0 Å². The van der Waals surface area contributed by atoms with Gasteiger partial charge in [0.05, 0.1) is 7.11 Å². The summed E-state index contributed by atoms with van der Waals surface area (Å²) in [5.41, 5.74) is 2.43. The number of hydrazine groups is 1. The van der Waals surface area contributed by atoms with Crippen molar-refractivity contribution in [1.82, 2.24) is 19.9 Å². The summed E-state index contributed by atoms with van der Waals surface area (Å²) in [5.74, 6) is 6.26. The molecule has 0 radical (unpaired) electrons. The van der Waals surface area contributed by atoms with Crippen molar-refractivity contribution < 1.29 is 4.74 Å². The normalized spacial score (nSPS) is 17.4. The van der Waals surface area contributed by atoms with Gasteiger partial charge < -0.3 is 14.5 Å². The lowest BCUT2D eigenvalue weighted by Crippen LogP contribution is -2.30. The lowest BCUT2D eigenvalue weighted by molar-refractivity contribution is 0.359. The number of nitrogens with one attached hydrogen (secondary N) is 1. The van der Waals surface area contributed by atoms with Crippen molar-refractivity contribution in [1.29, 1.82) is 0 Å². The van der Waals surface area contributed by atoms with Crippen LogP contribution >= 0.6 is 0 Å². The second kappa shape index (κ2) is 5.78. The molecule has 1 fully saturated rings. The highest BCUT2D eigenvalue weighted by Gasteiger charge is 2.17. The smallest absolute Gasteiger partial charge is 0.322 e. The molecule has 1 aliphatic rings. The van der Waals surface area contributed by atoms with Crippen LogP contribution in [0.2, 0.25) is 0 Å². The molecule has 100 valence electrons. The minimum absolute atomic E-state index is 0.269. The fourth-order valence-corrected chi connectivity index (χ4v) is 1.89. The average Bonchev–Trinajstić information content (AvgIpc) is 2.63. The lowest BCUT2D eigenvalue weighted by Gasteiger charge is -2.20. The minimum Gasteiger partial charge on any atom is -0.467 e. The molecule has 0 bridgehead atoms. The molecule has 0 atom stereocenters. The second-order valence-corrected chi connectivity index (χ2v) is 4.23. The topological polar surface area (TPSA) is 92.4 Å². The fourth-order valence-electron chi connectivity index (χ4n) is 1.89. The molecule has 0 aliphatic carbocycles. The van der Waals surface area contributed by atoms with Gasteiger partial charge in [0.2, 0.25) is 11.9 Å². The number of aromatic nitrogens is 3. The summed E-state index contributed by atoms with van der Waals surface area (Å²) in [7, 11) is 3.64. The molecule has 2 rings (SSSR count). The first-order valence-electron chi connectivity index (χ1n) is 5.93. The number of nitrogens with two attached hydrogens (primary N) is 1. The zero-order chi connectivity index (χ0) is 13.0. The van der Waals surface area contributed by atoms with E-state index in [2.05, 4.69) is 37.2 Å². The average molecular weight is 253 g/mol. The van der Waals surface area contributed by atoms with E-state index in [0.29, 0.717) is 11.9 Å². The van der Waals surface area contributed by atoms with Crippen molar-refractivity contribution in [2.45, 2.75) is 6.42 Å². The molecule has 0 amide bonds. The van der Waals surface area contributed by atoms with Gasteiger partial charge in [-0.1, -0.05) is 0 Å². The first-order valence-corrected chi connectivity index (χ1v) is 5.93. The van der Waals surface area contributed by atoms with Crippen LogP contribution in [-0.4, -0.2) is 60.2 Å². The molecule has 8 nitrogen and oxygen atoms in total. The molecule has 0 unspecified atom stereocenters. The van der Waals surface area contributed by atoms with Crippen molar-refractivity contribution in [3.63, 3.8) is 0 Å². The standard InChI is InChI=1S/C10H19N7O/c1-16-4-3-5-17(7-6-16)9-12-8(15-11)13-10(14-9)18-2/h3-7,11H2,1-2H3,(H,12,13,14,15). The first-order chi connectivity index (χ1) is 8.72. The summed E-state index contributed by atoms with van der Waals surface area (Å²) in [6.07, 6.45) is 1.08. The molecule has 3 N–H and O–H groups in total. The molecule has 1 saturated heterocycles. The fraction of sp³-hybridized carbons (Fsp3) is 0.700. The Morgan fingerprint density at radius 3 is 2.72 bits per heavy atom. The molecule has 0 aromatic carbocycles. The van der Waals surface area contributed by atoms with Crippen LogP contribution < -0.4 is 20.9 Å². The molecule has 1 aromatic rings. The number of methoxy groups -OCH3 is 1. The third kappa shape index (κ3) is 2.96. The van der Waals surface area contributed by atoms with E-state index in [1.165, 1.54) is 7.11 Å². The third-order valence-electron chi connectivity index (χ3n) is 2.92. The SMILES string of the molecule is COc1nc(NN)nc(N2CCCN(C)CC2)n1. The Morgan fingerprint density at radius 1 is 1.17 bits per heavy atom. The Kier molecular flexibility index (Phi) is 4.11. The number of rotatable bonds is 3. The minimum atomic E-state index is 0.269. The van der Waals surface area contributed by atoms with Crippen molar-refractivity contribution >= 4 is 11.9 Å². The second-order valence-electron chi connectivity index (χ2n) is 4.23. The van der Waals surface area contributed by atoms with Gasteiger partial charge in [0.15, 0.2) is 0 Å². The zero-order valence-corrected chi connectivity index (χ0v) is 10.8. The quantitative estimate of drug-likeness (QED) is 0.540. The Morgan fingerprint density at radius 2 is 2.00 bits per heavy atom. The highest BCUT2D eigenvalue weighted by Crippen LogP contribution is 2.15. The molecule has 2 heterocycles. The van der Waals surface area contributed by atoms with E-state index in [1.807, 2.05) is 0 Å². The number of nitrogen functional groups attached to an aromatic ring is 1. The van der Waals surface area contributed by atoms with Gasteiger partial charge in [-0.2, -0.15) is 15.0 Å². The van der Waals surface area contributed by atoms with E-state index in [4.69, 9.17) is 10.6 Å². The van der Waals surface area contributed by atoms with Crippen molar-refractivity contribution in [3.8, 4) is 6.01 Å². The molecule has 1 aromatic heterocycles. The number of likely N-dealkylation sites (N-methyl/N-ethyl adjacent to an activating group) is 1. The third-order valence-corrected chi connectivity index (χ3v) is 2.92. The first kappa shape index (κ1) is 12.8. The molecular formula is C10H19N7O. The molecule has 8 heteroatoms. The maximum absolute atomic E-state index is 5.34. The number of hydrogen-bond acceptors (Lipinski definition) is 8. The molecule has 1 aliphatic heterocycles. The van der Waals surface area contributed by atoms with E-state index in [-0.39, 0.29) is 6.01 Å². The molecule has 18 heavy (non-hydrogen) atoms. The van der Waals surface area contributed by atoms with Crippen LogP contribution in [0, 0.1) is 0 Å². The summed E-state index contributed by atoms with van der Waals surface area (Å²) >= 11 is 0. The van der Waals surface area contributed by atoms with Crippen molar-refractivity contribution in [3.05, 3.63) is 0 Å². The summed E-state index contributed by atoms with van der Waals surface area (Å²) < 4.78 is 5.05. The number of ether oxygens (including phenoxy) is 1. The Hall–Kier alpha value is -1.67. The largest absolute Gasteiger partial charge is 0.467 e. The van der Waals surface area contributed by atoms with Crippen LogP contribution in [0.3, 0.4) is 0 Å². The Bertz CT molecular complexity index is 378. The van der Waals surface area contributed by atoms with Crippen LogP contribution in [-0.2, 0) is 0 Å². The molecule has 0 spiro atoms. The predicted molar refractivity (Wildman–Crippen MR) is 68.5 cm³/mol. The predicted octanol–water partition coefficient (Wildman–Crippen LogP) is -0.692. The molecule has 0 saturated carbocycles.